The molecule has 1 N–H and O–H groups in total. The van der Waals surface area contributed by atoms with Gasteiger partial charge in [-0.15, -0.1) is 0 Å². The van der Waals surface area contributed by atoms with Gasteiger partial charge in [0.2, 0.25) is 0 Å². The third-order valence-corrected chi connectivity index (χ3v) is 5.63. The summed E-state index contributed by atoms with van der Waals surface area (Å²) < 4.78 is 0. The molecule has 3 rings (SSSR count). The molecule has 1 aromatic rings. The van der Waals surface area contributed by atoms with Gasteiger partial charge in [0.15, 0.2) is 0 Å². The largest absolute Gasteiger partial charge is 0.309 e. The van der Waals surface area contributed by atoms with Gasteiger partial charge in [-0.3, -0.25) is 4.90 Å². The third kappa shape index (κ3) is 3.02. The number of hydrogen-bond donors (Lipinski definition) is 1. The lowest BCUT2D eigenvalue weighted by Crippen LogP contribution is -2.43. The molecule has 116 valence electrons. The summed E-state index contributed by atoms with van der Waals surface area (Å²) in [5.74, 6) is 1.68. The summed E-state index contributed by atoms with van der Waals surface area (Å²) in [6.45, 7) is 10.7. The van der Waals surface area contributed by atoms with Crippen LogP contribution in [0.3, 0.4) is 0 Å². The number of likely N-dealkylation sites (tertiary alicyclic amines) is 1. The van der Waals surface area contributed by atoms with Crippen LogP contribution in [-0.4, -0.2) is 30.6 Å². The van der Waals surface area contributed by atoms with E-state index in [9.17, 15) is 0 Å². The van der Waals surface area contributed by atoms with E-state index in [1.807, 2.05) is 0 Å². The van der Waals surface area contributed by atoms with Crippen molar-refractivity contribution >= 4 is 0 Å². The number of hydrogen-bond acceptors (Lipinski definition) is 2. The van der Waals surface area contributed by atoms with Gasteiger partial charge in [0, 0.05) is 25.2 Å². The summed E-state index contributed by atoms with van der Waals surface area (Å²) in [4.78, 5) is 2.77. The third-order valence-electron chi connectivity index (χ3n) is 5.63. The van der Waals surface area contributed by atoms with E-state index >= 15 is 0 Å². The molecule has 1 aromatic carbocycles. The van der Waals surface area contributed by atoms with E-state index in [4.69, 9.17) is 0 Å². The Morgan fingerprint density at radius 1 is 1.14 bits per heavy atom. The number of nitrogens with zero attached hydrogens (tertiary/aromatic N) is 1. The highest BCUT2D eigenvalue weighted by atomic mass is 15.2. The van der Waals surface area contributed by atoms with Gasteiger partial charge in [-0.2, -0.15) is 0 Å². The summed E-state index contributed by atoms with van der Waals surface area (Å²) in [5.41, 5.74) is 3.11. The molecule has 0 aromatic heterocycles. The van der Waals surface area contributed by atoms with Gasteiger partial charge in [-0.25, -0.2) is 0 Å². The quantitative estimate of drug-likeness (QED) is 0.854. The second-order valence-electron chi connectivity index (χ2n) is 7.10. The standard InChI is InChI=1S/C19H30N2/c1-4-20-19-17-10-6-5-8-16(17)9-7-11-18(19)21-12-14(2)15(3)13-21/h5-6,8,10,14-15,18-20H,4,7,9,11-13H2,1-3H3. The van der Waals surface area contributed by atoms with Crippen LogP contribution in [0.2, 0.25) is 0 Å². The zero-order valence-corrected chi connectivity index (χ0v) is 13.8. The Morgan fingerprint density at radius 2 is 1.86 bits per heavy atom. The van der Waals surface area contributed by atoms with Crippen molar-refractivity contribution in [2.24, 2.45) is 11.8 Å². The summed E-state index contributed by atoms with van der Waals surface area (Å²) in [5, 5.41) is 3.80. The number of benzene rings is 1. The molecule has 2 aliphatic rings. The first kappa shape index (κ1) is 15.1. The second-order valence-corrected chi connectivity index (χ2v) is 7.10. The number of likely N-dealkylation sites (N-methyl/N-ethyl adjacent to an activating group) is 1. The number of rotatable bonds is 3. The Kier molecular flexibility index (Phi) is 4.66. The highest BCUT2D eigenvalue weighted by molar-refractivity contribution is 5.32. The molecular weight excluding hydrogens is 256 g/mol. The Morgan fingerprint density at radius 3 is 2.57 bits per heavy atom. The smallest absolute Gasteiger partial charge is 0.0480 e. The van der Waals surface area contributed by atoms with Gasteiger partial charge in [0.1, 0.15) is 0 Å². The average Bonchev–Trinajstić information content (AvgIpc) is 2.72. The van der Waals surface area contributed by atoms with Crippen molar-refractivity contribution < 1.29 is 0 Å². The van der Waals surface area contributed by atoms with E-state index in [0.717, 1.165) is 18.4 Å². The Bertz CT molecular complexity index is 460. The Hall–Kier alpha value is -0.860. The van der Waals surface area contributed by atoms with Crippen molar-refractivity contribution in [2.45, 2.75) is 52.1 Å². The Balaban J connectivity index is 1.89. The molecule has 2 heteroatoms. The lowest BCUT2D eigenvalue weighted by molar-refractivity contribution is 0.175. The first-order chi connectivity index (χ1) is 10.2. The van der Waals surface area contributed by atoms with Gasteiger partial charge in [0.05, 0.1) is 0 Å². The minimum Gasteiger partial charge on any atom is -0.309 e. The normalized spacial score (nSPS) is 33.7. The first-order valence-electron chi connectivity index (χ1n) is 8.76. The van der Waals surface area contributed by atoms with E-state index in [1.54, 1.807) is 11.1 Å². The molecule has 0 spiro atoms. The molecule has 0 bridgehead atoms. The minimum atomic E-state index is 0.506. The summed E-state index contributed by atoms with van der Waals surface area (Å²) in [6, 6.07) is 10.3. The fourth-order valence-corrected chi connectivity index (χ4v) is 4.25. The van der Waals surface area contributed by atoms with Crippen LogP contribution in [0.25, 0.3) is 0 Å². The fraction of sp³-hybridized carbons (Fsp3) is 0.684. The highest BCUT2D eigenvalue weighted by Gasteiger charge is 2.36. The molecule has 0 radical (unpaired) electrons. The molecule has 1 aliphatic heterocycles. The topological polar surface area (TPSA) is 15.3 Å². The van der Waals surface area contributed by atoms with Crippen molar-refractivity contribution in [3.05, 3.63) is 35.4 Å². The maximum atomic E-state index is 3.80. The van der Waals surface area contributed by atoms with Crippen LogP contribution >= 0.6 is 0 Å². The van der Waals surface area contributed by atoms with Crippen LogP contribution < -0.4 is 5.32 Å². The molecule has 1 saturated heterocycles. The van der Waals surface area contributed by atoms with Crippen LogP contribution in [0.15, 0.2) is 24.3 Å². The number of fused-ring (bicyclic) bond motifs is 1. The van der Waals surface area contributed by atoms with Gasteiger partial charge in [-0.1, -0.05) is 45.0 Å². The van der Waals surface area contributed by atoms with Gasteiger partial charge < -0.3 is 5.32 Å². The van der Waals surface area contributed by atoms with Crippen LogP contribution in [0.4, 0.5) is 0 Å². The Labute approximate surface area is 129 Å². The first-order valence-corrected chi connectivity index (χ1v) is 8.76. The van der Waals surface area contributed by atoms with Crippen molar-refractivity contribution in [3.8, 4) is 0 Å². The molecule has 4 unspecified atom stereocenters. The lowest BCUT2D eigenvalue weighted by Gasteiger charge is -2.35. The second kappa shape index (κ2) is 6.50. The predicted octanol–water partition coefficient (Wildman–Crippen LogP) is 3.63. The molecule has 21 heavy (non-hydrogen) atoms. The molecule has 2 nitrogen and oxygen atoms in total. The van der Waals surface area contributed by atoms with E-state index in [1.165, 1.54) is 32.4 Å². The highest BCUT2D eigenvalue weighted by Crippen LogP contribution is 2.35. The molecule has 0 saturated carbocycles. The van der Waals surface area contributed by atoms with E-state index in [2.05, 4.69) is 55.3 Å². The molecule has 0 amide bonds. The molecule has 4 atom stereocenters. The van der Waals surface area contributed by atoms with Crippen LogP contribution in [0, 0.1) is 11.8 Å². The van der Waals surface area contributed by atoms with Crippen molar-refractivity contribution in [2.75, 3.05) is 19.6 Å². The van der Waals surface area contributed by atoms with Crippen LogP contribution in [-0.2, 0) is 6.42 Å². The summed E-state index contributed by atoms with van der Waals surface area (Å²) in [7, 11) is 0. The molecule has 1 heterocycles. The summed E-state index contributed by atoms with van der Waals surface area (Å²) >= 11 is 0. The van der Waals surface area contributed by atoms with E-state index in [0.29, 0.717) is 12.1 Å². The fourth-order valence-electron chi connectivity index (χ4n) is 4.25. The maximum absolute atomic E-state index is 3.80. The SMILES string of the molecule is CCNC1c2ccccc2CCCC1N1CC(C)C(C)C1. The number of aryl methyl sites for hydroxylation is 1. The van der Waals surface area contributed by atoms with Crippen LogP contribution in [0.5, 0.6) is 0 Å². The monoisotopic (exact) mass is 286 g/mol. The lowest BCUT2D eigenvalue weighted by atomic mass is 9.95. The minimum absolute atomic E-state index is 0.506. The molecule has 1 aliphatic carbocycles. The van der Waals surface area contributed by atoms with Crippen molar-refractivity contribution in [3.63, 3.8) is 0 Å². The zero-order chi connectivity index (χ0) is 14.8. The summed E-state index contributed by atoms with van der Waals surface area (Å²) in [6.07, 6.45) is 3.89. The zero-order valence-electron chi connectivity index (χ0n) is 13.8. The molecule has 1 fully saturated rings. The van der Waals surface area contributed by atoms with E-state index < -0.39 is 0 Å². The van der Waals surface area contributed by atoms with Gasteiger partial charge in [0.25, 0.3) is 0 Å². The van der Waals surface area contributed by atoms with Crippen molar-refractivity contribution in [1.29, 1.82) is 0 Å². The van der Waals surface area contributed by atoms with E-state index in [-0.39, 0.29) is 0 Å². The van der Waals surface area contributed by atoms with Crippen LogP contribution in [0.1, 0.15) is 50.8 Å². The maximum Gasteiger partial charge on any atom is 0.0480 e. The van der Waals surface area contributed by atoms with Crippen molar-refractivity contribution in [1.82, 2.24) is 10.2 Å². The predicted molar refractivity (Wildman–Crippen MR) is 89.5 cm³/mol. The van der Waals surface area contributed by atoms with Gasteiger partial charge >= 0.3 is 0 Å². The number of nitrogens with one attached hydrogen (secondary N) is 1. The average molecular weight is 286 g/mol. The molecular formula is C19H30N2. The van der Waals surface area contributed by atoms with Gasteiger partial charge in [-0.05, 0) is 48.8 Å².